The SMILES string of the molecule is Clc1cccc(-n2nnnc2NCc2cccnc2-c2cnccn2)c1Cl. The van der Waals surface area contributed by atoms with Crippen molar-refractivity contribution in [1.82, 2.24) is 35.2 Å². The van der Waals surface area contributed by atoms with Crippen LogP contribution in [-0.4, -0.2) is 35.2 Å². The summed E-state index contributed by atoms with van der Waals surface area (Å²) in [6.45, 7) is 0.429. The van der Waals surface area contributed by atoms with E-state index in [0.717, 1.165) is 11.3 Å². The number of nitrogens with zero attached hydrogens (tertiary/aromatic N) is 7. The van der Waals surface area contributed by atoms with Crippen molar-refractivity contribution in [2.24, 2.45) is 0 Å². The molecule has 0 spiro atoms. The summed E-state index contributed by atoms with van der Waals surface area (Å²) in [7, 11) is 0. The molecule has 4 aromatic rings. The number of benzene rings is 1. The van der Waals surface area contributed by atoms with E-state index in [-0.39, 0.29) is 0 Å². The van der Waals surface area contributed by atoms with Gasteiger partial charge in [-0.15, -0.1) is 0 Å². The number of hydrogen-bond donors (Lipinski definition) is 1. The molecule has 0 saturated heterocycles. The molecule has 3 heterocycles. The number of nitrogens with one attached hydrogen (secondary N) is 1. The second-order valence-corrected chi connectivity index (χ2v) is 6.23. The van der Waals surface area contributed by atoms with Crippen LogP contribution in [0.3, 0.4) is 0 Å². The highest BCUT2D eigenvalue weighted by molar-refractivity contribution is 6.43. The van der Waals surface area contributed by atoms with Gasteiger partial charge in [-0.1, -0.05) is 40.4 Å². The summed E-state index contributed by atoms with van der Waals surface area (Å²) in [5.41, 5.74) is 2.92. The van der Waals surface area contributed by atoms with Crippen molar-refractivity contribution in [3.63, 3.8) is 0 Å². The van der Waals surface area contributed by atoms with Gasteiger partial charge >= 0.3 is 0 Å². The fraction of sp³-hybridized carbons (Fsp3) is 0.0588. The fourth-order valence-corrected chi connectivity index (χ4v) is 2.90. The summed E-state index contributed by atoms with van der Waals surface area (Å²) in [5.74, 6) is 0.424. The highest BCUT2D eigenvalue weighted by Crippen LogP contribution is 2.29. The quantitative estimate of drug-likeness (QED) is 0.549. The summed E-state index contributed by atoms with van der Waals surface area (Å²) in [6.07, 6.45) is 6.63. The minimum Gasteiger partial charge on any atom is -0.349 e. The molecule has 0 saturated carbocycles. The molecule has 1 aromatic carbocycles. The summed E-state index contributed by atoms with van der Waals surface area (Å²) in [6, 6.07) is 9.07. The van der Waals surface area contributed by atoms with Gasteiger partial charge < -0.3 is 5.32 Å². The van der Waals surface area contributed by atoms with Crippen molar-refractivity contribution in [1.29, 1.82) is 0 Å². The Morgan fingerprint density at radius 2 is 1.93 bits per heavy atom. The van der Waals surface area contributed by atoms with Crippen molar-refractivity contribution < 1.29 is 0 Å². The smallest absolute Gasteiger partial charge is 0.248 e. The van der Waals surface area contributed by atoms with Crippen molar-refractivity contribution in [2.45, 2.75) is 6.54 Å². The summed E-state index contributed by atoms with van der Waals surface area (Å²) in [5, 5.41) is 15.7. The lowest BCUT2D eigenvalue weighted by Crippen LogP contribution is -2.09. The molecule has 0 aliphatic carbocycles. The molecule has 0 aliphatic rings. The average molecular weight is 399 g/mol. The van der Waals surface area contributed by atoms with Gasteiger partial charge in [0.2, 0.25) is 5.95 Å². The number of hydrogen-bond acceptors (Lipinski definition) is 7. The highest BCUT2D eigenvalue weighted by Gasteiger charge is 2.14. The predicted molar refractivity (Wildman–Crippen MR) is 102 cm³/mol. The molecule has 0 fully saturated rings. The van der Waals surface area contributed by atoms with Crippen LogP contribution in [0.15, 0.2) is 55.1 Å². The fourth-order valence-electron chi connectivity index (χ4n) is 2.52. The maximum atomic E-state index is 6.28. The van der Waals surface area contributed by atoms with E-state index in [1.807, 2.05) is 12.1 Å². The predicted octanol–water partition coefficient (Wildman–Crippen LogP) is 3.43. The molecular weight excluding hydrogens is 387 g/mol. The molecule has 1 N–H and O–H groups in total. The summed E-state index contributed by atoms with van der Waals surface area (Å²) in [4.78, 5) is 12.8. The largest absolute Gasteiger partial charge is 0.349 e. The van der Waals surface area contributed by atoms with Crippen LogP contribution in [0, 0.1) is 0 Å². The summed E-state index contributed by atoms with van der Waals surface area (Å²) < 4.78 is 1.49. The van der Waals surface area contributed by atoms with Gasteiger partial charge in [0.05, 0.1) is 27.6 Å². The Hall–Kier alpha value is -3.10. The van der Waals surface area contributed by atoms with E-state index in [0.29, 0.717) is 33.9 Å². The first-order chi connectivity index (χ1) is 13.2. The zero-order chi connectivity index (χ0) is 18.6. The number of anilines is 1. The van der Waals surface area contributed by atoms with E-state index in [4.69, 9.17) is 23.2 Å². The van der Waals surface area contributed by atoms with Gasteiger partial charge in [-0.3, -0.25) is 15.0 Å². The molecule has 0 unspecified atom stereocenters. The third kappa shape index (κ3) is 3.57. The molecular formula is C17H12Cl2N8. The van der Waals surface area contributed by atoms with Crippen LogP contribution in [0.4, 0.5) is 5.95 Å². The lowest BCUT2D eigenvalue weighted by Gasteiger charge is -2.11. The van der Waals surface area contributed by atoms with E-state index in [1.165, 1.54) is 4.68 Å². The third-order valence-corrected chi connectivity index (χ3v) is 4.57. The number of tetrazole rings is 1. The van der Waals surface area contributed by atoms with E-state index in [2.05, 4.69) is 35.8 Å². The van der Waals surface area contributed by atoms with Gasteiger partial charge in [0.25, 0.3) is 0 Å². The van der Waals surface area contributed by atoms with Crippen molar-refractivity contribution in [3.8, 4) is 17.1 Å². The second-order valence-electron chi connectivity index (χ2n) is 5.44. The van der Waals surface area contributed by atoms with Crippen LogP contribution in [0.1, 0.15) is 5.56 Å². The molecule has 3 aromatic heterocycles. The van der Waals surface area contributed by atoms with Crippen LogP contribution < -0.4 is 5.32 Å². The van der Waals surface area contributed by atoms with Crippen molar-refractivity contribution in [3.05, 3.63) is 70.7 Å². The van der Waals surface area contributed by atoms with Crippen LogP contribution in [0.25, 0.3) is 17.1 Å². The van der Waals surface area contributed by atoms with Gasteiger partial charge in [-0.2, -0.15) is 4.68 Å². The van der Waals surface area contributed by atoms with Gasteiger partial charge in [0, 0.05) is 25.1 Å². The number of pyridine rings is 1. The maximum absolute atomic E-state index is 6.28. The Morgan fingerprint density at radius 3 is 2.78 bits per heavy atom. The molecule has 8 nitrogen and oxygen atoms in total. The van der Waals surface area contributed by atoms with Gasteiger partial charge in [0.1, 0.15) is 5.69 Å². The molecule has 4 rings (SSSR count). The van der Waals surface area contributed by atoms with Crippen LogP contribution in [0.2, 0.25) is 10.0 Å². The Morgan fingerprint density at radius 1 is 1.00 bits per heavy atom. The van der Waals surface area contributed by atoms with E-state index < -0.39 is 0 Å². The zero-order valence-electron chi connectivity index (χ0n) is 13.8. The molecule has 0 aliphatic heterocycles. The third-order valence-electron chi connectivity index (χ3n) is 3.76. The molecule has 10 heteroatoms. The molecule has 0 radical (unpaired) electrons. The van der Waals surface area contributed by atoms with Gasteiger partial charge in [0.15, 0.2) is 0 Å². The summed E-state index contributed by atoms with van der Waals surface area (Å²) >= 11 is 12.4. The Bertz CT molecular complexity index is 1070. The molecule has 134 valence electrons. The van der Waals surface area contributed by atoms with Crippen LogP contribution in [0.5, 0.6) is 0 Å². The Labute approximate surface area is 164 Å². The van der Waals surface area contributed by atoms with Crippen molar-refractivity contribution >= 4 is 29.2 Å². The molecule has 0 atom stereocenters. The van der Waals surface area contributed by atoms with Crippen LogP contribution >= 0.6 is 23.2 Å². The number of halogens is 2. The minimum atomic E-state index is 0.371. The number of aromatic nitrogens is 7. The molecule has 0 bridgehead atoms. The normalized spacial score (nSPS) is 10.7. The monoisotopic (exact) mass is 398 g/mol. The Kier molecular flexibility index (Phi) is 4.91. The van der Waals surface area contributed by atoms with Crippen molar-refractivity contribution in [2.75, 3.05) is 5.32 Å². The highest BCUT2D eigenvalue weighted by atomic mass is 35.5. The topological polar surface area (TPSA) is 94.3 Å². The lowest BCUT2D eigenvalue weighted by atomic mass is 10.1. The average Bonchev–Trinajstić information content (AvgIpc) is 3.18. The molecule has 0 amide bonds. The maximum Gasteiger partial charge on any atom is 0.248 e. The first-order valence-corrected chi connectivity index (χ1v) is 8.66. The lowest BCUT2D eigenvalue weighted by molar-refractivity contribution is 0.789. The second kappa shape index (κ2) is 7.65. The first kappa shape index (κ1) is 17.3. The van der Waals surface area contributed by atoms with E-state index >= 15 is 0 Å². The van der Waals surface area contributed by atoms with E-state index in [1.54, 1.807) is 43.0 Å². The van der Waals surface area contributed by atoms with Gasteiger partial charge in [-0.25, -0.2) is 0 Å². The van der Waals surface area contributed by atoms with Crippen LogP contribution in [-0.2, 0) is 6.54 Å². The first-order valence-electron chi connectivity index (χ1n) is 7.91. The minimum absolute atomic E-state index is 0.371. The molecule has 27 heavy (non-hydrogen) atoms. The standard InChI is InChI=1S/C17H12Cl2N8/c18-12-4-1-5-14(15(12)19)27-17(24-25-26-27)23-9-11-3-2-6-22-16(11)13-10-20-7-8-21-13/h1-8,10H,9H2,(H,23,24,26). The van der Waals surface area contributed by atoms with E-state index in [9.17, 15) is 0 Å². The van der Waals surface area contributed by atoms with Gasteiger partial charge in [-0.05, 0) is 34.2 Å². The Balaban J connectivity index is 1.62. The number of rotatable bonds is 5. The zero-order valence-corrected chi connectivity index (χ0v) is 15.3.